The first-order chi connectivity index (χ1) is 16.9. The first-order valence-electron chi connectivity index (χ1n) is 10.9. The van der Waals surface area contributed by atoms with E-state index in [0.29, 0.717) is 12.8 Å². The molecule has 1 aromatic rings. The SMILES string of the molecule is CC(C)OC(=O)OCOP(=O)(OCOC(=O)OC(C)C)OC[C@@H]1CC[C@H](n2cnc(C(N)=O)c2N)O1. The van der Waals surface area contributed by atoms with Gasteiger partial charge in [-0.1, -0.05) is 0 Å². The van der Waals surface area contributed by atoms with Crippen molar-refractivity contribution in [2.45, 2.75) is 65.1 Å². The first-order valence-corrected chi connectivity index (χ1v) is 12.3. The summed E-state index contributed by atoms with van der Waals surface area (Å²) in [4.78, 5) is 38.2. The highest BCUT2D eigenvalue weighted by Gasteiger charge is 2.34. The highest BCUT2D eigenvalue weighted by atomic mass is 31.2. The number of phosphoric ester groups is 1. The maximum Gasteiger partial charge on any atom is 0.510 e. The Morgan fingerprint density at radius 1 is 1.06 bits per heavy atom. The molecule has 2 rings (SSSR count). The van der Waals surface area contributed by atoms with Gasteiger partial charge >= 0.3 is 20.1 Å². The van der Waals surface area contributed by atoms with Crippen LogP contribution in [0.3, 0.4) is 0 Å². The van der Waals surface area contributed by atoms with Crippen molar-refractivity contribution in [1.29, 1.82) is 0 Å². The number of nitrogens with zero attached hydrogens (tertiary/aromatic N) is 2. The van der Waals surface area contributed by atoms with Gasteiger partial charge in [-0.2, -0.15) is 0 Å². The van der Waals surface area contributed by atoms with Crippen molar-refractivity contribution in [3.05, 3.63) is 12.0 Å². The van der Waals surface area contributed by atoms with E-state index >= 15 is 0 Å². The van der Waals surface area contributed by atoms with E-state index in [4.69, 9.17) is 39.2 Å². The lowest BCUT2D eigenvalue weighted by Crippen LogP contribution is -2.20. The van der Waals surface area contributed by atoms with Crippen LogP contribution in [0.5, 0.6) is 0 Å². The lowest BCUT2D eigenvalue weighted by molar-refractivity contribution is -0.0581. The van der Waals surface area contributed by atoms with E-state index in [-0.39, 0.29) is 18.1 Å². The molecule has 1 aliphatic heterocycles. The minimum Gasteiger partial charge on any atom is -0.432 e. The number of rotatable bonds is 13. The van der Waals surface area contributed by atoms with Gasteiger partial charge in [-0.25, -0.2) is 28.2 Å². The molecule has 2 heterocycles. The van der Waals surface area contributed by atoms with Crippen molar-refractivity contribution in [1.82, 2.24) is 9.55 Å². The predicted molar refractivity (Wildman–Crippen MR) is 119 cm³/mol. The standard InChI is InChI=1S/C19H31N4O12P/c1-11(2)33-18(25)28-9-31-36(27,32-10-29-19(26)34-12(3)4)30-7-13-5-6-14(35-13)23-8-22-15(16(23)20)17(21)24/h8,11-14H,5-7,9-10,20H2,1-4H3,(H2,21,24)/t13-,14+/m0/s1. The number of carbonyl (C=O) groups is 3. The quantitative estimate of drug-likeness (QED) is 0.210. The third kappa shape index (κ3) is 9.28. The molecule has 2 atom stereocenters. The number of aromatic nitrogens is 2. The van der Waals surface area contributed by atoms with Crippen LogP contribution in [0.2, 0.25) is 0 Å². The molecule has 17 heteroatoms. The van der Waals surface area contributed by atoms with Crippen LogP contribution in [0.15, 0.2) is 6.33 Å². The van der Waals surface area contributed by atoms with Crippen LogP contribution in [0, 0.1) is 0 Å². The van der Waals surface area contributed by atoms with Gasteiger partial charge in [0.25, 0.3) is 5.91 Å². The Bertz CT molecular complexity index is 921. The molecular formula is C19H31N4O12P. The van der Waals surface area contributed by atoms with Gasteiger partial charge in [0.05, 0.1) is 31.2 Å². The Balaban J connectivity index is 1.93. The Labute approximate surface area is 207 Å². The number of phosphoric acid groups is 1. The minimum absolute atomic E-state index is 0.0438. The van der Waals surface area contributed by atoms with Crippen LogP contribution in [0.4, 0.5) is 15.4 Å². The average molecular weight is 538 g/mol. The second-order valence-electron chi connectivity index (χ2n) is 7.90. The molecule has 36 heavy (non-hydrogen) atoms. The Morgan fingerprint density at radius 2 is 1.61 bits per heavy atom. The van der Waals surface area contributed by atoms with E-state index < -0.39 is 64.2 Å². The van der Waals surface area contributed by atoms with E-state index in [9.17, 15) is 18.9 Å². The van der Waals surface area contributed by atoms with E-state index in [2.05, 4.69) is 14.5 Å². The van der Waals surface area contributed by atoms with Crippen LogP contribution in [0.25, 0.3) is 0 Å². The van der Waals surface area contributed by atoms with Gasteiger partial charge in [0.2, 0.25) is 13.6 Å². The van der Waals surface area contributed by atoms with Gasteiger partial charge in [-0.3, -0.25) is 13.9 Å². The zero-order valence-corrected chi connectivity index (χ0v) is 21.2. The predicted octanol–water partition coefficient (Wildman–Crippen LogP) is 2.44. The second-order valence-corrected chi connectivity index (χ2v) is 9.57. The number of nitrogen functional groups attached to an aromatic ring is 1. The third-order valence-corrected chi connectivity index (χ3v) is 5.63. The summed E-state index contributed by atoms with van der Waals surface area (Å²) < 4.78 is 54.4. The largest absolute Gasteiger partial charge is 0.510 e. The molecule has 1 amide bonds. The number of imidazole rings is 1. The highest BCUT2D eigenvalue weighted by molar-refractivity contribution is 7.48. The Hall–Kier alpha value is -2.91. The topological polar surface area (TPSA) is 212 Å². The van der Waals surface area contributed by atoms with Gasteiger partial charge in [0, 0.05) is 0 Å². The molecule has 1 saturated heterocycles. The fraction of sp³-hybridized carbons (Fsp3) is 0.684. The number of carbonyl (C=O) groups excluding carboxylic acids is 3. The van der Waals surface area contributed by atoms with Crippen molar-refractivity contribution in [2.24, 2.45) is 5.73 Å². The summed E-state index contributed by atoms with van der Waals surface area (Å²) in [7, 11) is -4.41. The lowest BCUT2D eigenvalue weighted by Gasteiger charge is -2.20. The molecule has 0 aromatic carbocycles. The van der Waals surface area contributed by atoms with Crippen molar-refractivity contribution in [3.63, 3.8) is 0 Å². The highest BCUT2D eigenvalue weighted by Crippen LogP contribution is 2.50. The van der Waals surface area contributed by atoms with E-state index in [1.807, 2.05) is 0 Å². The summed E-state index contributed by atoms with van der Waals surface area (Å²) in [6.07, 6.45) is -1.97. The number of primary amides is 1. The van der Waals surface area contributed by atoms with Crippen LogP contribution < -0.4 is 11.5 Å². The Morgan fingerprint density at radius 3 is 2.08 bits per heavy atom. The van der Waals surface area contributed by atoms with Gasteiger partial charge in [-0.15, -0.1) is 0 Å². The van der Waals surface area contributed by atoms with Gasteiger partial charge in [0.1, 0.15) is 12.0 Å². The molecule has 0 bridgehead atoms. The van der Waals surface area contributed by atoms with Crippen LogP contribution in [-0.4, -0.2) is 66.3 Å². The lowest BCUT2D eigenvalue weighted by atomic mass is 10.2. The van der Waals surface area contributed by atoms with Crippen LogP contribution in [-0.2, 0) is 41.8 Å². The summed E-state index contributed by atoms with van der Waals surface area (Å²) in [5, 5.41) is 0. The number of hydrogen-bond donors (Lipinski definition) is 2. The summed E-state index contributed by atoms with van der Waals surface area (Å²) in [5.41, 5.74) is 11.0. The molecular weight excluding hydrogens is 507 g/mol. The number of amides is 1. The van der Waals surface area contributed by atoms with E-state index in [1.165, 1.54) is 10.9 Å². The van der Waals surface area contributed by atoms with Crippen LogP contribution >= 0.6 is 7.82 Å². The Kier molecular flexibility index (Phi) is 10.9. The van der Waals surface area contributed by atoms with Crippen LogP contribution in [0.1, 0.15) is 57.3 Å². The number of hydrogen-bond acceptors (Lipinski definition) is 14. The third-order valence-electron chi connectivity index (χ3n) is 4.32. The second kappa shape index (κ2) is 13.4. The van der Waals surface area contributed by atoms with Crippen molar-refractivity contribution >= 4 is 31.9 Å². The molecule has 204 valence electrons. The molecule has 1 aliphatic rings. The normalized spacial score (nSPS) is 17.8. The molecule has 0 radical (unpaired) electrons. The molecule has 4 N–H and O–H groups in total. The van der Waals surface area contributed by atoms with E-state index in [0.717, 1.165) is 0 Å². The van der Waals surface area contributed by atoms with Gasteiger partial charge < -0.3 is 35.2 Å². The van der Waals surface area contributed by atoms with Crippen molar-refractivity contribution in [3.8, 4) is 0 Å². The van der Waals surface area contributed by atoms with Gasteiger partial charge in [0.15, 0.2) is 5.69 Å². The fourth-order valence-electron chi connectivity index (χ4n) is 2.82. The molecule has 0 spiro atoms. The number of ether oxygens (including phenoxy) is 5. The molecule has 0 unspecified atom stereocenters. The van der Waals surface area contributed by atoms with Crippen molar-refractivity contribution < 1.29 is 56.2 Å². The smallest absolute Gasteiger partial charge is 0.432 e. The molecule has 16 nitrogen and oxygen atoms in total. The van der Waals surface area contributed by atoms with Gasteiger partial charge in [-0.05, 0) is 40.5 Å². The zero-order chi connectivity index (χ0) is 26.9. The average Bonchev–Trinajstić information content (AvgIpc) is 3.37. The molecule has 0 saturated carbocycles. The summed E-state index contributed by atoms with van der Waals surface area (Å²) in [5.74, 6) is -0.736. The minimum atomic E-state index is -4.41. The summed E-state index contributed by atoms with van der Waals surface area (Å²) in [6, 6.07) is 0. The summed E-state index contributed by atoms with van der Waals surface area (Å²) in [6.45, 7) is 4.46. The number of nitrogens with two attached hydrogens (primary N) is 2. The summed E-state index contributed by atoms with van der Waals surface area (Å²) >= 11 is 0. The monoisotopic (exact) mass is 538 g/mol. The maximum atomic E-state index is 13.0. The maximum absolute atomic E-state index is 13.0. The van der Waals surface area contributed by atoms with Crippen molar-refractivity contribution in [2.75, 3.05) is 25.9 Å². The molecule has 1 aromatic heterocycles. The zero-order valence-electron chi connectivity index (χ0n) is 20.3. The van der Waals surface area contributed by atoms with E-state index in [1.54, 1.807) is 27.7 Å². The molecule has 0 aliphatic carbocycles. The molecule has 1 fully saturated rings. The number of anilines is 1. The first kappa shape index (κ1) is 29.3. The fourth-order valence-corrected chi connectivity index (χ4v) is 3.76.